The Morgan fingerprint density at radius 1 is 1.48 bits per heavy atom. The van der Waals surface area contributed by atoms with E-state index >= 15 is 0 Å². The highest BCUT2D eigenvalue weighted by Crippen LogP contribution is 2.24. The van der Waals surface area contributed by atoms with Gasteiger partial charge in [0.05, 0.1) is 30.7 Å². The minimum Gasteiger partial charge on any atom is -0.495 e. The van der Waals surface area contributed by atoms with E-state index in [1.807, 2.05) is 0 Å². The van der Waals surface area contributed by atoms with E-state index in [9.17, 15) is 8.42 Å². The number of nitrogens with two attached hydrogens (primary N) is 1. The summed E-state index contributed by atoms with van der Waals surface area (Å²) in [7, 11) is -0.799. The molecule has 1 unspecified atom stereocenters. The van der Waals surface area contributed by atoms with Gasteiger partial charge in [-0.15, -0.1) is 0 Å². The zero-order valence-corrected chi connectivity index (χ0v) is 13.1. The highest BCUT2D eigenvalue weighted by atomic mass is 32.2. The van der Waals surface area contributed by atoms with Crippen molar-refractivity contribution in [1.82, 2.24) is 4.31 Å². The Bertz CT molecular complexity index is 647. The van der Waals surface area contributed by atoms with Crippen LogP contribution in [0.1, 0.15) is 12.5 Å². The predicted molar refractivity (Wildman–Crippen MR) is 80.4 cm³/mol. The number of benzene rings is 1. The molecule has 0 aliphatic carbocycles. The molecule has 1 aromatic rings. The first-order valence-electron chi connectivity index (χ1n) is 6.34. The summed E-state index contributed by atoms with van der Waals surface area (Å²) in [5.41, 5.74) is 5.78. The first-order valence-corrected chi connectivity index (χ1v) is 7.78. The van der Waals surface area contributed by atoms with Crippen LogP contribution in [-0.2, 0) is 10.0 Å². The molecule has 0 spiro atoms. The topological polar surface area (TPSA) is 92.9 Å². The van der Waals surface area contributed by atoms with E-state index < -0.39 is 16.1 Å². The van der Waals surface area contributed by atoms with Gasteiger partial charge in [-0.25, -0.2) is 8.42 Å². The van der Waals surface area contributed by atoms with E-state index in [1.165, 1.54) is 26.3 Å². The van der Waals surface area contributed by atoms with E-state index in [0.29, 0.717) is 11.3 Å². The highest BCUT2D eigenvalue weighted by Gasteiger charge is 2.25. The second-order valence-corrected chi connectivity index (χ2v) is 6.42. The maximum Gasteiger partial charge on any atom is 0.243 e. The van der Waals surface area contributed by atoms with Crippen molar-refractivity contribution >= 4 is 10.0 Å². The van der Waals surface area contributed by atoms with Gasteiger partial charge in [0.25, 0.3) is 0 Å². The van der Waals surface area contributed by atoms with Crippen LogP contribution < -0.4 is 10.5 Å². The number of hydrogen-bond donors (Lipinski definition) is 2. The summed E-state index contributed by atoms with van der Waals surface area (Å²) in [4.78, 5) is 0.0902. The van der Waals surface area contributed by atoms with Crippen LogP contribution in [0.2, 0.25) is 0 Å². The summed E-state index contributed by atoms with van der Waals surface area (Å²) < 4.78 is 31.2. The molecule has 21 heavy (non-hydrogen) atoms. The summed E-state index contributed by atoms with van der Waals surface area (Å²) in [5.74, 6) is 5.94. The van der Waals surface area contributed by atoms with E-state index in [0.717, 1.165) is 4.31 Å². The molecule has 0 heterocycles. The second kappa shape index (κ2) is 7.43. The third-order valence-electron chi connectivity index (χ3n) is 3.06. The lowest BCUT2D eigenvalue weighted by Crippen LogP contribution is -2.37. The van der Waals surface area contributed by atoms with E-state index in [4.69, 9.17) is 15.6 Å². The Kier molecular flexibility index (Phi) is 6.18. The molecule has 1 rings (SSSR count). The van der Waals surface area contributed by atoms with Crippen LogP contribution in [0.5, 0.6) is 5.75 Å². The maximum absolute atomic E-state index is 12.5. The van der Waals surface area contributed by atoms with Crippen LogP contribution in [0.3, 0.4) is 0 Å². The molecule has 0 fully saturated rings. The summed E-state index contributed by atoms with van der Waals surface area (Å²) in [6.07, 6.45) is 0. The SMILES string of the molecule is COc1ccc(S(=O)(=O)N(C)C(C)CO)cc1C#CCN. The Labute approximate surface area is 125 Å². The van der Waals surface area contributed by atoms with E-state index in [-0.39, 0.29) is 18.0 Å². The average molecular weight is 312 g/mol. The van der Waals surface area contributed by atoms with Crippen molar-refractivity contribution in [2.45, 2.75) is 17.9 Å². The Balaban J connectivity index is 3.31. The van der Waals surface area contributed by atoms with Gasteiger partial charge < -0.3 is 15.6 Å². The zero-order valence-electron chi connectivity index (χ0n) is 12.3. The minimum atomic E-state index is -3.70. The van der Waals surface area contributed by atoms with Crippen molar-refractivity contribution in [3.05, 3.63) is 23.8 Å². The molecule has 0 saturated heterocycles. The molecule has 7 heteroatoms. The lowest BCUT2D eigenvalue weighted by molar-refractivity contribution is 0.214. The maximum atomic E-state index is 12.5. The number of rotatable bonds is 5. The van der Waals surface area contributed by atoms with E-state index in [2.05, 4.69) is 11.8 Å². The molecule has 6 nitrogen and oxygen atoms in total. The van der Waals surface area contributed by atoms with Gasteiger partial charge in [0.1, 0.15) is 5.75 Å². The third-order valence-corrected chi connectivity index (χ3v) is 5.03. The number of aliphatic hydroxyl groups is 1. The number of methoxy groups -OCH3 is 1. The standard InChI is InChI=1S/C14H20N2O4S/c1-11(10-17)16(2)21(18,19)13-6-7-14(20-3)12(9-13)5-4-8-15/h6-7,9,11,17H,8,10,15H2,1-3H3. The summed E-state index contributed by atoms with van der Waals surface area (Å²) >= 11 is 0. The Hall–Kier alpha value is -1.59. The van der Waals surface area contributed by atoms with Gasteiger partial charge in [0.2, 0.25) is 10.0 Å². The fraction of sp³-hybridized carbons (Fsp3) is 0.429. The first-order chi connectivity index (χ1) is 9.88. The van der Waals surface area contributed by atoms with E-state index in [1.54, 1.807) is 13.0 Å². The molecular formula is C14H20N2O4S. The van der Waals surface area contributed by atoms with Gasteiger partial charge >= 0.3 is 0 Å². The first kappa shape index (κ1) is 17.5. The molecule has 3 N–H and O–H groups in total. The Morgan fingerprint density at radius 2 is 2.14 bits per heavy atom. The van der Waals surface area contributed by atoms with Gasteiger partial charge in [-0.05, 0) is 25.1 Å². The zero-order chi connectivity index (χ0) is 16.0. The Morgan fingerprint density at radius 3 is 2.67 bits per heavy atom. The molecule has 0 amide bonds. The summed E-state index contributed by atoms with van der Waals surface area (Å²) in [5, 5.41) is 9.11. The van der Waals surface area contributed by atoms with Crippen molar-refractivity contribution in [1.29, 1.82) is 0 Å². The van der Waals surface area contributed by atoms with Crippen LogP contribution in [-0.4, -0.2) is 51.2 Å². The van der Waals surface area contributed by atoms with Gasteiger partial charge in [0.15, 0.2) is 0 Å². The average Bonchev–Trinajstić information content (AvgIpc) is 2.50. The molecule has 0 aliphatic heterocycles. The van der Waals surface area contributed by atoms with Crippen LogP contribution >= 0.6 is 0 Å². The summed E-state index contributed by atoms with van der Waals surface area (Å²) in [6.45, 7) is 1.53. The number of ether oxygens (including phenoxy) is 1. The van der Waals surface area contributed by atoms with Crippen molar-refractivity contribution in [2.75, 3.05) is 27.3 Å². The van der Waals surface area contributed by atoms with Crippen LogP contribution in [0, 0.1) is 11.8 Å². The van der Waals surface area contributed by atoms with Crippen molar-refractivity contribution < 1.29 is 18.3 Å². The lowest BCUT2D eigenvalue weighted by Gasteiger charge is -2.22. The van der Waals surface area contributed by atoms with Crippen molar-refractivity contribution in [3.8, 4) is 17.6 Å². The molecule has 0 aromatic heterocycles. The third kappa shape index (κ3) is 3.95. The molecule has 116 valence electrons. The lowest BCUT2D eigenvalue weighted by atomic mass is 10.2. The van der Waals surface area contributed by atoms with Crippen LogP contribution in [0.4, 0.5) is 0 Å². The monoisotopic (exact) mass is 312 g/mol. The fourth-order valence-electron chi connectivity index (χ4n) is 1.61. The van der Waals surface area contributed by atoms with Gasteiger partial charge in [-0.2, -0.15) is 4.31 Å². The number of aliphatic hydroxyl groups excluding tert-OH is 1. The molecular weight excluding hydrogens is 292 g/mol. The van der Waals surface area contributed by atoms with Gasteiger partial charge in [-0.1, -0.05) is 11.8 Å². The minimum absolute atomic E-state index is 0.0902. The number of sulfonamides is 1. The normalized spacial score (nSPS) is 12.7. The van der Waals surface area contributed by atoms with Crippen LogP contribution in [0.25, 0.3) is 0 Å². The molecule has 1 atom stereocenters. The molecule has 1 aromatic carbocycles. The number of nitrogens with zero attached hydrogens (tertiary/aromatic N) is 1. The highest BCUT2D eigenvalue weighted by molar-refractivity contribution is 7.89. The predicted octanol–water partition coefficient (Wildman–Crippen LogP) is 0.00670. The number of hydrogen-bond acceptors (Lipinski definition) is 5. The number of likely N-dealkylation sites (N-methyl/N-ethyl adjacent to an activating group) is 1. The van der Waals surface area contributed by atoms with Gasteiger partial charge in [-0.3, -0.25) is 0 Å². The molecule has 0 aliphatic rings. The second-order valence-electron chi connectivity index (χ2n) is 4.42. The van der Waals surface area contributed by atoms with Crippen LogP contribution in [0.15, 0.2) is 23.1 Å². The molecule has 0 radical (unpaired) electrons. The molecule has 0 saturated carbocycles. The van der Waals surface area contributed by atoms with Crippen molar-refractivity contribution in [2.24, 2.45) is 5.73 Å². The quantitative estimate of drug-likeness (QED) is 0.747. The largest absolute Gasteiger partial charge is 0.495 e. The smallest absolute Gasteiger partial charge is 0.243 e. The fourth-order valence-corrected chi connectivity index (χ4v) is 2.99. The molecule has 0 bridgehead atoms. The van der Waals surface area contributed by atoms with Gasteiger partial charge in [0, 0.05) is 13.1 Å². The van der Waals surface area contributed by atoms with Crippen molar-refractivity contribution in [3.63, 3.8) is 0 Å². The summed E-state index contributed by atoms with van der Waals surface area (Å²) in [6, 6.07) is 3.92.